The van der Waals surface area contributed by atoms with Crippen LogP contribution in [0.25, 0.3) is 0 Å². The molecule has 60 valence electrons. The molecule has 0 unspecified atom stereocenters. The van der Waals surface area contributed by atoms with Crippen molar-refractivity contribution < 1.29 is 10.2 Å². The maximum absolute atomic E-state index is 9.19. The summed E-state index contributed by atoms with van der Waals surface area (Å²) in [6.45, 7) is 0.195. The largest absolute Gasteiger partial charge is 0.508 e. The molecule has 0 atom stereocenters. The van der Waals surface area contributed by atoms with Gasteiger partial charge in [-0.2, -0.15) is 0 Å². The molecule has 0 radical (unpaired) electrons. The third kappa shape index (κ3) is 1.46. The van der Waals surface area contributed by atoms with Crippen molar-refractivity contribution >= 4 is 15.9 Å². The molecule has 0 aromatic heterocycles. The van der Waals surface area contributed by atoms with E-state index in [0.717, 1.165) is 0 Å². The van der Waals surface area contributed by atoms with Gasteiger partial charge in [-0.25, -0.2) is 0 Å². The maximum atomic E-state index is 9.19. The molecule has 0 fully saturated rings. The Labute approximate surface area is 72.6 Å². The van der Waals surface area contributed by atoms with Crippen LogP contribution in [-0.2, 0) is 6.54 Å². The minimum absolute atomic E-state index is 0.0863. The van der Waals surface area contributed by atoms with Crippen LogP contribution in [0.15, 0.2) is 16.6 Å². The molecule has 4 N–H and O–H groups in total. The fourth-order valence-corrected chi connectivity index (χ4v) is 1.29. The molecule has 1 rings (SSSR count). The van der Waals surface area contributed by atoms with Crippen LogP contribution in [0.4, 0.5) is 0 Å². The number of phenolic OH excluding ortho intramolecular Hbond substituents is 2. The van der Waals surface area contributed by atoms with Gasteiger partial charge in [-0.1, -0.05) is 0 Å². The Balaban J connectivity index is 3.29. The highest BCUT2D eigenvalue weighted by Crippen LogP contribution is 2.32. The molecular weight excluding hydrogens is 210 g/mol. The average molecular weight is 218 g/mol. The van der Waals surface area contributed by atoms with Crippen LogP contribution < -0.4 is 5.73 Å². The van der Waals surface area contributed by atoms with Crippen LogP contribution in [0.2, 0.25) is 0 Å². The van der Waals surface area contributed by atoms with Gasteiger partial charge in [0.1, 0.15) is 11.5 Å². The van der Waals surface area contributed by atoms with Crippen LogP contribution in [0.1, 0.15) is 5.56 Å². The fraction of sp³-hybridized carbons (Fsp3) is 0.143. The Morgan fingerprint density at radius 2 is 1.82 bits per heavy atom. The minimum Gasteiger partial charge on any atom is -0.508 e. The summed E-state index contributed by atoms with van der Waals surface area (Å²) in [7, 11) is 0. The molecule has 0 bridgehead atoms. The highest BCUT2D eigenvalue weighted by Gasteiger charge is 2.07. The Hall–Kier alpha value is -0.740. The number of hydrogen-bond acceptors (Lipinski definition) is 3. The zero-order valence-electron chi connectivity index (χ0n) is 5.71. The summed E-state index contributed by atoms with van der Waals surface area (Å²) in [5, 5.41) is 18.3. The summed E-state index contributed by atoms with van der Waals surface area (Å²) >= 11 is 3.10. The molecule has 0 aliphatic heterocycles. The van der Waals surface area contributed by atoms with Gasteiger partial charge < -0.3 is 15.9 Å². The number of nitrogens with two attached hydrogens (primary N) is 1. The molecule has 1 aromatic carbocycles. The minimum atomic E-state index is 0.0863. The second-order valence-corrected chi connectivity index (χ2v) is 2.89. The molecule has 0 spiro atoms. The Kier molecular flexibility index (Phi) is 2.36. The summed E-state index contributed by atoms with van der Waals surface area (Å²) in [6.07, 6.45) is 0. The Morgan fingerprint density at radius 3 is 2.27 bits per heavy atom. The SMILES string of the molecule is NCc1c(O)ccc(O)c1Br. The van der Waals surface area contributed by atoms with E-state index in [1.165, 1.54) is 12.1 Å². The highest BCUT2D eigenvalue weighted by atomic mass is 79.9. The highest BCUT2D eigenvalue weighted by molar-refractivity contribution is 9.10. The van der Waals surface area contributed by atoms with Gasteiger partial charge in [-0.05, 0) is 28.1 Å². The van der Waals surface area contributed by atoms with Gasteiger partial charge in [-0.3, -0.25) is 0 Å². The second-order valence-electron chi connectivity index (χ2n) is 2.10. The normalized spacial score (nSPS) is 10.0. The summed E-state index contributed by atoms with van der Waals surface area (Å²) in [4.78, 5) is 0. The van der Waals surface area contributed by atoms with Crippen molar-refractivity contribution in [2.24, 2.45) is 5.73 Å². The zero-order chi connectivity index (χ0) is 8.43. The van der Waals surface area contributed by atoms with Gasteiger partial charge in [0, 0.05) is 12.1 Å². The zero-order valence-corrected chi connectivity index (χ0v) is 7.30. The summed E-state index contributed by atoms with van der Waals surface area (Å²) in [5.41, 5.74) is 5.84. The van der Waals surface area contributed by atoms with E-state index >= 15 is 0 Å². The lowest BCUT2D eigenvalue weighted by Gasteiger charge is -2.05. The molecule has 0 saturated heterocycles. The van der Waals surface area contributed by atoms with Crippen LogP contribution >= 0.6 is 15.9 Å². The number of aromatic hydroxyl groups is 2. The Bertz CT molecular complexity index is 275. The topological polar surface area (TPSA) is 66.5 Å². The Morgan fingerprint density at radius 1 is 1.27 bits per heavy atom. The summed E-state index contributed by atoms with van der Waals surface area (Å²) in [5.74, 6) is 0.181. The lowest BCUT2D eigenvalue weighted by molar-refractivity contribution is 0.451. The van der Waals surface area contributed by atoms with Crippen molar-refractivity contribution in [2.45, 2.75) is 6.54 Å². The van der Waals surface area contributed by atoms with Crippen molar-refractivity contribution in [2.75, 3.05) is 0 Å². The van der Waals surface area contributed by atoms with E-state index in [2.05, 4.69) is 15.9 Å². The predicted molar refractivity (Wildman–Crippen MR) is 45.4 cm³/mol. The van der Waals surface area contributed by atoms with Gasteiger partial charge in [0.15, 0.2) is 0 Å². The van der Waals surface area contributed by atoms with Gasteiger partial charge in [0.2, 0.25) is 0 Å². The smallest absolute Gasteiger partial charge is 0.130 e. The lowest BCUT2D eigenvalue weighted by Crippen LogP contribution is -1.97. The van der Waals surface area contributed by atoms with Crippen molar-refractivity contribution in [3.05, 3.63) is 22.2 Å². The molecule has 1 aromatic rings. The molecule has 3 nitrogen and oxygen atoms in total. The van der Waals surface area contributed by atoms with E-state index < -0.39 is 0 Å². The molecular formula is C7H8BrNO2. The van der Waals surface area contributed by atoms with E-state index in [4.69, 9.17) is 10.8 Å². The molecule has 0 aliphatic carbocycles. The molecule has 11 heavy (non-hydrogen) atoms. The van der Waals surface area contributed by atoms with Crippen LogP contribution in [0.3, 0.4) is 0 Å². The third-order valence-electron chi connectivity index (χ3n) is 1.40. The van der Waals surface area contributed by atoms with E-state index in [1.54, 1.807) is 0 Å². The standard InChI is InChI=1S/C7H8BrNO2/c8-7-4(3-9)5(10)1-2-6(7)11/h1-2,10-11H,3,9H2. The van der Waals surface area contributed by atoms with Crippen LogP contribution in [-0.4, -0.2) is 10.2 Å². The van der Waals surface area contributed by atoms with Gasteiger partial charge in [0.25, 0.3) is 0 Å². The number of benzene rings is 1. The second kappa shape index (κ2) is 3.11. The summed E-state index contributed by atoms with van der Waals surface area (Å²) < 4.78 is 0.458. The fourth-order valence-electron chi connectivity index (χ4n) is 0.793. The van der Waals surface area contributed by atoms with Crippen molar-refractivity contribution in [1.29, 1.82) is 0 Å². The maximum Gasteiger partial charge on any atom is 0.130 e. The first-order chi connectivity index (χ1) is 5.16. The van der Waals surface area contributed by atoms with Crippen LogP contribution in [0, 0.1) is 0 Å². The first-order valence-corrected chi connectivity index (χ1v) is 3.85. The number of halogens is 1. The van der Waals surface area contributed by atoms with Gasteiger partial charge in [-0.15, -0.1) is 0 Å². The van der Waals surface area contributed by atoms with E-state index in [-0.39, 0.29) is 18.0 Å². The van der Waals surface area contributed by atoms with Crippen LogP contribution in [0.5, 0.6) is 11.5 Å². The monoisotopic (exact) mass is 217 g/mol. The van der Waals surface area contributed by atoms with Crippen molar-refractivity contribution in [1.82, 2.24) is 0 Å². The summed E-state index contributed by atoms with van der Waals surface area (Å²) in [6, 6.07) is 2.81. The average Bonchev–Trinajstić information content (AvgIpc) is 1.99. The number of phenols is 2. The van der Waals surface area contributed by atoms with E-state index in [9.17, 15) is 5.11 Å². The van der Waals surface area contributed by atoms with E-state index in [0.29, 0.717) is 10.0 Å². The quantitative estimate of drug-likeness (QED) is 0.622. The molecule has 0 amide bonds. The number of hydrogen-bond donors (Lipinski definition) is 3. The number of rotatable bonds is 1. The molecule has 0 heterocycles. The van der Waals surface area contributed by atoms with E-state index in [1.807, 2.05) is 0 Å². The van der Waals surface area contributed by atoms with Crippen molar-refractivity contribution in [3.8, 4) is 11.5 Å². The van der Waals surface area contributed by atoms with Crippen molar-refractivity contribution in [3.63, 3.8) is 0 Å². The molecule has 4 heteroatoms. The van der Waals surface area contributed by atoms with Gasteiger partial charge >= 0.3 is 0 Å². The lowest BCUT2D eigenvalue weighted by atomic mass is 10.2. The molecule has 0 aliphatic rings. The first kappa shape index (κ1) is 8.36. The first-order valence-electron chi connectivity index (χ1n) is 3.06. The van der Waals surface area contributed by atoms with Gasteiger partial charge in [0.05, 0.1) is 4.47 Å². The molecule has 0 saturated carbocycles. The predicted octanol–water partition coefficient (Wildman–Crippen LogP) is 1.32. The third-order valence-corrected chi connectivity index (χ3v) is 2.29.